The van der Waals surface area contributed by atoms with Crippen molar-refractivity contribution in [2.75, 3.05) is 13.1 Å². The molecule has 3 rings (SSSR count). The topological polar surface area (TPSA) is 68.3 Å². The Hall–Kier alpha value is -1.81. The van der Waals surface area contributed by atoms with Crippen LogP contribution in [0.5, 0.6) is 0 Å². The standard InChI is InChI=1S/C15H18N2O2/c16-9-15(5-6-15)10-17-14(18)7-11-8-19-13-4-2-1-3-12(11)13/h1-4,8H,5-7,9-10,16H2,(H,17,18). The van der Waals surface area contributed by atoms with Crippen LogP contribution in [0.1, 0.15) is 18.4 Å². The lowest BCUT2D eigenvalue weighted by molar-refractivity contribution is -0.120. The van der Waals surface area contributed by atoms with E-state index in [1.807, 2.05) is 24.3 Å². The molecule has 0 aliphatic heterocycles. The van der Waals surface area contributed by atoms with E-state index in [-0.39, 0.29) is 11.3 Å². The summed E-state index contributed by atoms with van der Waals surface area (Å²) in [6, 6.07) is 7.76. The molecule has 1 amide bonds. The molecule has 2 aromatic rings. The number of amides is 1. The maximum absolute atomic E-state index is 12.0. The molecule has 1 aliphatic rings. The van der Waals surface area contributed by atoms with Crippen LogP contribution in [0.15, 0.2) is 34.9 Å². The fraction of sp³-hybridized carbons (Fsp3) is 0.400. The highest BCUT2D eigenvalue weighted by molar-refractivity contribution is 5.87. The minimum absolute atomic E-state index is 0.0336. The Labute approximate surface area is 112 Å². The zero-order chi connectivity index (χ0) is 13.3. The maximum Gasteiger partial charge on any atom is 0.224 e. The van der Waals surface area contributed by atoms with Gasteiger partial charge in [0.1, 0.15) is 5.58 Å². The number of furan rings is 1. The predicted octanol–water partition coefficient (Wildman–Crippen LogP) is 1.83. The number of hydrogen-bond donors (Lipinski definition) is 2. The number of hydrogen-bond acceptors (Lipinski definition) is 3. The van der Waals surface area contributed by atoms with E-state index in [2.05, 4.69) is 5.32 Å². The van der Waals surface area contributed by atoms with E-state index in [9.17, 15) is 4.79 Å². The van der Waals surface area contributed by atoms with Crippen molar-refractivity contribution in [2.24, 2.45) is 11.1 Å². The molecule has 1 saturated carbocycles. The molecule has 0 saturated heterocycles. The quantitative estimate of drug-likeness (QED) is 0.859. The van der Waals surface area contributed by atoms with Crippen LogP contribution in [0.25, 0.3) is 11.0 Å². The summed E-state index contributed by atoms with van der Waals surface area (Å²) in [5, 5.41) is 3.99. The van der Waals surface area contributed by atoms with E-state index >= 15 is 0 Å². The van der Waals surface area contributed by atoms with Crippen molar-refractivity contribution in [2.45, 2.75) is 19.3 Å². The summed E-state index contributed by atoms with van der Waals surface area (Å²) in [5.41, 5.74) is 7.63. The van der Waals surface area contributed by atoms with Gasteiger partial charge < -0.3 is 15.5 Å². The fourth-order valence-electron chi connectivity index (χ4n) is 2.32. The average Bonchev–Trinajstić information content (AvgIpc) is 3.13. The van der Waals surface area contributed by atoms with Crippen molar-refractivity contribution in [3.8, 4) is 0 Å². The van der Waals surface area contributed by atoms with Gasteiger partial charge >= 0.3 is 0 Å². The monoisotopic (exact) mass is 258 g/mol. The second kappa shape index (κ2) is 4.70. The molecule has 4 heteroatoms. The molecular formula is C15H18N2O2. The molecule has 1 aromatic heterocycles. The summed E-state index contributed by atoms with van der Waals surface area (Å²) in [4.78, 5) is 12.0. The number of fused-ring (bicyclic) bond motifs is 1. The third-order valence-electron chi connectivity index (χ3n) is 3.96. The number of carbonyl (C=O) groups is 1. The normalized spacial score (nSPS) is 16.5. The van der Waals surface area contributed by atoms with Crippen LogP contribution in [0.4, 0.5) is 0 Å². The number of para-hydroxylation sites is 1. The lowest BCUT2D eigenvalue weighted by Crippen LogP contribution is -2.34. The fourth-order valence-corrected chi connectivity index (χ4v) is 2.32. The van der Waals surface area contributed by atoms with Crippen molar-refractivity contribution in [3.05, 3.63) is 36.1 Å². The SMILES string of the molecule is NCC1(CNC(=O)Cc2coc3ccccc23)CC1. The predicted molar refractivity (Wildman–Crippen MR) is 73.6 cm³/mol. The van der Waals surface area contributed by atoms with Crippen LogP contribution in [-0.4, -0.2) is 19.0 Å². The highest BCUT2D eigenvalue weighted by Gasteiger charge is 2.41. The van der Waals surface area contributed by atoms with Gasteiger partial charge in [-0.05, 0) is 30.9 Å². The highest BCUT2D eigenvalue weighted by atomic mass is 16.3. The second-order valence-corrected chi connectivity index (χ2v) is 5.41. The van der Waals surface area contributed by atoms with E-state index in [4.69, 9.17) is 10.2 Å². The first-order chi connectivity index (χ1) is 9.22. The molecule has 1 fully saturated rings. The zero-order valence-corrected chi connectivity index (χ0v) is 10.8. The zero-order valence-electron chi connectivity index (χ0n) is 10.8. The van der Waals surface area contributed by atoms with Crippen molar-refractivity contribution in [3.63, 3.8) is 0 Å². The average molecular weight is 258 g/mol. The van der Waals surface area contributed by atoms with Crippen LogP contribution in [0.2, 0.25) is 0 Å². The molecule has 1 aliphatic carbocycles. The van der Waals surface area contributed by atoms with E-state index in [1.54, 1.807) is 6.26 Å². The largest absolute Gasteiger partial charge is 0.464 e. The minimum atomic E-state index is 0.0336. The Morgan fingerprint density at radius 2 is 2.16 bits per heavy atom. The number of rotatable bonds is 5. The second-order valence-electron chi connectivity index (χ2n) is 5.41. The van der Waals surface area contributed by atoms with Crippen molar-refractivity contribution in [1.82, 2.24) is 5.32 Å². The maximum atomic E-state index is 12.0. The molecule has 0 spiro atoms. The molecule has 1 aromatic carbocycles. The third kappa shape index (κ3) is 2.49. The Kier molecular flexibility index (Phi) is 3.03. The lowest BCUT2D eigenvalue weighted by Gasteiger charge is -2.12. The van der Waals surface area contributed by atoms with Gasteiger partial charge in [-0.1, -0.05) is 18.2 Å². The van der Waals surface area contributed by atoms with Gasteiger partial charge in [0.25, 0.3) is 0 Å². The van der Waals surface area contributed by atoms with Crippen molar-refractivity contribution in [1.29, 1.82) is 0 Å². The first-order valence-corrected chi connectivity index (χ1v) is 6.64. The molecule has 0 atom stereocenters. The number of nitrogens with one attached hydrogen (secondary N) is 1. The summed E-state index contributed by atoms with van der Waals surface area (Å²) < 4.78 is 5.43. The van der Waals surface area contributed by atoms with Crippen LogP contribution < -0.4 is 11.1 Å². The van der Waals surface area contributed by atoms with Crippen LogP contribution >= 0.6 is 0 Å². The lowest BCUT2D eigenvalue weighted by atomic mass is 10.1. The summed E-state index contributed by atoms with van der Waals surface area (Å²) in [7, 11) is 0. The van der Waals surface area contributed by atoms with Crippen molar-refractivity contribution < 1.29 is 9.21 Å². The molecule has 3 N–H and O–H groups in total. The smallest absolute Gasteiger partial charge is 0.224 e. The Morgan fingerprint density at radius 3 is 2.89 bits per heavy atom. The van der Waals surface area contributed by atoms with Gasteiger partial charge in [0.2, 0.25) is 5.91 Å². The van der Waals surface area contributed by atoms with Crippen molar-refractivity contribution >= 4 is 16.9 Å². The molecular weight excluding hydrogens is 240 g/mol. The van der Waals surface area contributed by atoms with E-state index < -0.39 is 0 Å². The van der Waals surface area contributed by atoms with Gasteiger partial charge in [0, 0.05) is 17.5 Å². The molecule has 19 heavy (non-hydrogen) atoms. The van der Waals surface area contributed by atoms with Gasteiger partial charge in [0.15, 0.2) is 0 Å². The van der Waals surface area contributed by atoms with Gasteiger partial charge in [0.05, 0.1) is 12.7 Å². The van der Waals surface area contributed by atoms with Gasteiger partial charge in [-0.15, -0.1) is 0 Å². The third-order valence-corrected chi connectivity index (χ3v) is 3.96. The van der Waals surface area contributed by atoms with Crippen LogP contribution in [-0.2, 0) is 11.2 Å². The van der Waals surface area contributed by atoms with Gasteiger partial charge in [-0.3, -0.25) is 4.79 Å². The number of carbonyl (C=O) groups excluding carboxylic acids is 1. The first-order valence-electron chi connectivity index (χ1n) is 6.64. The Bertz CT molecular complexity index is 599. The Balaban J connectivity index is 1.63. The Morgan fingerprint density at radius 1 is 1.37 bits per heavy atom. The molecule has 0 radical (unpaired) electrons. The number of nitrogens with two attached hydrogens (primary N) is 1. The van der Waals surface area contributed by atoms with E-state index in [0.29, 0.717) is 19.5 Å². The van der Waals surface area contributed by atoms with Gasteiger partial charge in [-0.2, -0.15) is 0 Å². The molecule has 4 nitrogen and oxygen atoms in total. The molecule has 0 unspecified atom stereocenters. The van der Waals surface area contributed by atoms with E-state index in [1.165, 1.54) is 0 Å². The minimum Gasteiger partial charge on any atom is -0.464 e. The molecule has 0 bridgehead atoms. The molecule has 100 valence electrons. The van der Waals surface area contributed by atoms with Crippen LogP contribution in [0.3, 0.4) is 0 Å². The highest BCUT2D eigenvalue weighted by Crippen LogP contribution is 2.43. The number of benzene rings is 1. The molecule has 1 heterocycles. The van der Waals surface area contributed by atoms with E-state index in [0.717, 1.165) is 29.4 Å². The first kappa shape index (κ1) is 12.2. The van der Waals surface area contributed by atoms with Gasteiger partial charge in [-0.25, -0.2) is 0 Å². The van der Waals surface area contributed by atoms with Crippen LogP contribution in [0, 0.1) is 5.41 Å². The summed E-state index contributed by atoms with van der Waals surface area (Å²) in [5.74, 6) is 0.0336. The summed E-state index contributed by atoms with van der Waals surface area (Å²) in [6.07, 6.45) is 4.27. The summed E-state index contributed by atoms with van der Waals surface area (Å²) >= 11 is 0. The summed E-state index contributed by atoms with van der Waals surface area (Å²) in [6.45, 7) is 1.35.